The minimum absolute atomic E-state index is 0.165. The van der Waals surface area contributed by atoms with E-state index in [-0.39, 0.29) is 11.1 Å². The number of hydrogen-bond acceptors (Lipinski definition) is 6. The van der Waals surface area contributed by atoms with Crippen molar-refractivity contribution in [3.63, 3.8) is 0 Å². The molecule has 0 saturated heterocycles. The topological polar surface area (TPSA) is 92.1 Å². The van der Waals surface area contributed by atoms with Gasteiger partial charge in [0, 0.05) is 17.3 Å². The summed E-state index contributed by atoms with van der Waals surface area (Å²) < 4.78 is 5.33. The first-order valence-corrected chi connectivity index (χ1v) is 9.82. The number of hydrogen-bond donors (Lipinski definition) is 1. The number of para-hydroxylation sites is 1. The van der Waals surface area contributed by atoms with Gasteiger partial charge in [0.1, 0.15) is 11.1 Å². The summed E-state index contributed by atoms with van der Waals surface area (Å²) in [5.41, 5.74) is 1.77. The van der Waals surface area contributed by atoms with E-state index in [9.17, 15) is 14.9 Å². The standard InChI is InChI=1S/C20H19N3O3S/c1-12(18(24)22-14-6-4-3-5-7-14)26-20(25)15-10-17(13-8-9-13)23-19(27-2)16(15)11-21/h3-7,10,12-13H,8-9H2,1-2H3,(H,22,24). The average molecular weight is 381 g/mol. The van der Waals surface area contributed by atoms with E-state index in [0.717, 1.165) is 18.5 Å². The highest BCUT2D eigenvalue weighted by Gasteiger charge is 2.30. The molecular weight excluding hydrogens is 362 g/mol. The van der Waals surface area contributed by atoms with Crippen molar-refractivity contribution in [3.05, 3.63) is 53.2 Å². The molecule has 3 rings (SSSR count). The molecule has 1 aliphatic rings. The Hall–Kier alpha value is -2.85. The van der Waals surface area contributed by atoms with Crippen LogP contribution in [0.2, 0.25) is 0 Å². The van der Waals surface area contributed by atoms with Crippen molar-refractivity contribution in [2.45, 2.75) is 36.8 Å². The summed E-state index contributed by atoms with van der Waals surface area (Å²) in [5, 5.41) is 12.7. The maximum absolute atomic E-state index is 12.7. The Morgan fingerprint density at radius 1 is 1.33 bits per heavy atom. The highest BCUT2D eigenvalue weighted by atomic mass is 32.2. The van der Waals surface area contributed by atoms with Gasteiger partial charge in [-0.3, -0.25) is 4.79 Å². The zero-order chi connectivity index (χ0) is 19.4. The lowest BCUT2D eigenvalue weighted by molar-refractivity contribution is -0.123. The first-order chi connectivity index (χ1) is 13.0. The number of aromatic nitrogens is 1. The fraction of sp³-hybridized carbons (Fsp3) is 0.300. The maximum Gasteiger partial charge on any atom is 0.340 e. The number of esters is 1. The molecule has 1 unspecified atom stereocenters. The molecular formula is C20H19N3O3S. The van der Waals surface area contributed by atoms with Gasteiger partial charge in [-0.05, 0) is 44.2 Å². The molecule has 27 heavy (non-hydrogen) atoms. The number of pyridine rings is 1. The first-order valence-electron chi connectivity index (χ1n) is 8.59. The molecule has 1 atom stereocenters. The van der Waals surface area contributed by atoms with Gasteiger partial charge >= 0.3 is 5.97 Å². The molecule has 1 heterocycles. The van der Waals surface area contributed by atoms with Crippen LogP contribution in [0, 0.1) is 11.3 Å². The van der Waals surface area contributed by atoms with Gasteiger partial charge in [-0.2, -0.15) is 5.26 Å². The fourth-order valence-corrected chi connectivity index (χ4v) is 3.15. The Kier molecular flexibility index (Phi) is 5.77. The van der Waals surface area contributed by atoms with Crippen molar-refractivity contribution in [3.8, 4) is 6.07 Å². The Morgan fingerprint density at radius 2 is 2.04 bits per heavy atom. The Bertz CT molecular complexity index is 905. The van der Waals surface area contributed by atoms with Crippen molar-refractivity contribution < 1.29 is 14.3 Å². The number of nitrogens with one attached hydrogen (secondary N) is 1. The van der Waals surface area contributed by atoms with Gasteiger partial charge in [-0.15, -0.1) is 11.8 Å². The summed E-state index contributed by atoms with van der Waals surface area (Å²) in [5.74, 6) is -0.800. The van der Waals surface area contributed by atoms with Crippen LogP contribution in [-0.4, -0.2) is 29.2 Å². The summed E-state index contributed by atoms with van der Waals surface area (Å²) in [7, 11) is 0. The lowest BCUT2D eigenvalue weighted by atomic mass is 10.1. The summed E-state index contributed by atoms with van der Waals surface area (Å²) in [6.07, 6.45) is 2.86. The van der Waals surface area contributed by atoms with Gasteiger partial charge in [0.05, 0.1) is 11.1 Å². The predicted octanol–water partition coefficient (Wildman–Crippen LogP) is 3.74. The summed E-state index contributed by atoms with van der Waals surface area (Å²) in [4.78, 5) is 29.4. The Labute approximate surface area is 161 Å². The lowest BCUT2D eigenvalue weighted by Gasteiger charge is -2.15. The second-order valence-electron chi connectivity index (χ2n) is 6.27. The number of carbonyl (C=O) groups excluding carboxylic acids is 2. The highest BCUT2D eigenvalue weighted by Crippen LogP contribution is 2.40. The molecule has 6 nitrogen and oxygen atoms in total. The zero-order valence-corrected chi connectivity index (χ0v) is 15.9. The van der Waals surface area contributed by atoms with Crippen LogP contribution in [0.3, 0.4) is 0 Å². The van der Waals surface area contributed by atoms with Gasteiger partial charge < -0.3 is 10.1 Å². The molecule has 138 valence electrons. The largest absolute Gasteiger partial charge is 0.449 e. The second-order valence-corrected chi connectivity index (χ2v) is 7.06. The third kappa shape index (κ3) is 4.47. The molecule has 1 saturated carbocycles. The smallest absolute Gasteiger partial charge is 0.340 e. The quantitative estimate of drug-likeness (QED) is 0.605. The van der Waals surface area contributed by atoms with Crippen LogP contribution in [-0.2, 0) is 9.53 Å². The average Bonchev–Trinajstić information content (AvgIpc) is 3.52. The minimum Gasteiger partial charge on any atom is -0.449 e. The number of carbonyl (C=O) groups is 2. The van der Waals surface area contributed by atoms with E-state index in [1.54, 1.807) is 30.3 Å². The first kappa shape index (κ1) is 18.9. The van der Waals surface area contributed by atoms with Crippen molar-refractivity contribution in [1.82, 2.24) is 4.98 Å². The third-order valence-electron chi connectivity index (χ3n) is 4.22. The van der Waals surface area contributed by atoms with E-state index >= 15 is 0 Å². The number of anilines is 1. The number of nitriles is 1. The molecule has 0 aliphatic heterocycles. The van der Waals surface area contributed by atoms with Gasteiger partial charge in [-0.25, -0.2) is 9.78 Å². The van der Waals surface area contributed by atoms with E-state index in [1.165, 1.54) is 18.7 Å². The fourth-order valence-electron chi connectivity index (χ4n) is 2.59. The van der Waals surface area contributed by atoms with Crippen LogP contribution < -0.4 is 5.32 Å². The van der Waals surface area contributed by atoms with Crippen LogP contribution in [0.15, 0.2) is 41.4 Å². The highest BCUT2D eigenvalue weighted by molar-refractivity contribution is 7.98. The van der Waals surface area contributed by atoms with Crippen molar-refractivity contribution >= 4 is 29.3 Å². The molecule has 1 amide bonds. The molecule has 1 aromatic heterocycles. The molecule has 1 N–H and O–H groups in total. The van der Waals surface area contributed by atoms with Crippen LogP contribution in [0.5, 0.6) is 0 Å². The molecule has 1 aromatic carbocycles. The van der Waals surface area contributed by atoms with Gasteiger partial charge in [0.2, 0.25) is 0 Å². The lowest BCUT2D eigenvalue weighted by Crippen LogP contribution is -2.30. The molecule has 0 radical (unpaired) electrons. The zero-order valence-electron chi connectivity index (χ0n) is 15.1. The summed E-state index contributed by atoms with van der Waals surface area (Å²) in [6.45, 7) is 1.50. The Morgan fingerprint density at radius 3 is 2.63 bits per heavy atom. The predicted molar refractivity (Wildman–Crippen MR) is 103 cm³/mol. The van der Waals surface area contributed by atoms with Gasteiger partial charge in [0.15, 0.2) is 6.10 Å². The van der Waals surface area contributed by atoms with Crippen LogP contribution in [0.1, 0.15) is 47.3 Å². The number of amides is 1. The molecule has 7 heteroatoms. The normalized spacial score (nSPS) is 14.1. The second kappa shape index (κ2) is 8.23. The number of ether oxygens (including phenoxy) is 1. The number of benzene rings is 1. The minimum atomic E-state index is -1.00. The molecule has 0 bridgehead atoms. The third-order valence-corrected chi connectivity index (χ3v) is 4.90. The van der Waals surface area contributed by atoms with E-state index in [1.807, 2.05) is 18.4 Å². The summed E-state index contributed by atoms with van der Waals surface area (Å²) in [6, 6.07) is 12.6. The SMILES string of the molecule is CSc1nc(C2CC2)cc(C(=O)OC(C)C(=O)Nc2ccccc2)c1C#N. The number of nitrogens with zero attached hydrogens (tertiary/aromatic N) is 2. The van der Waals surface area contributed by atoms with E-state index in [0.29, 0.717) is 16.6 Å². The van der Waals surface area contributed by atoms with Gasteiger partial charge in [-0.1, -0.05) is 18.2 Å². The number of rotatable bonds is 6. The van der Waals surface area contributed by atoms with E-state index in [4.69, 9.17) is 4.74 Å². The van der Waals surface area contributed by atoms with Crippen molar-refractivity contribution in [1.29, 1.82) is 5.26 Å². The van der Waals surface area contributed by atoms with E-state index in [2.05, 4.69) is 10.3 Å². The van der Waals surface area contributed by atoms with Crippen molar-refractivity contribution in [2.75, 3.05) is 11.6 Å². The van der Waals surface area contributed by atoms with Crippen molar-refractivity contribution in [2.24, 2.45) is 0 Å². The number of thioether (sulfide) groups is 1. The molecule has 1 fully saturated rings. The Balaban J connectivity index is 1.78. The monoisotopic (exact) mass is 381 g/mol. The van der Waals surface area contributed by atoms with Crippen LogP contribution in [0.25, 0.3) is 0 Å². The molecule has 0 spiro atoms. The summed E-state index contributed by atoms with van der Waals surface area (Å²) >= 11 is 1.32. The van der Waals surface area contributed by atoms with Crippen LogP contribution >= 0.6 is 11.8 Å². The maximum atomic E-state index is 12.7. The van der Waals surface area contributed by atoms with Crippen LogP contribution in [0.4, 0.5) is 5.69 Å². The molecule has 1 aliphatic carbocycles. The molecule has 2 aromatic rings. The van der Waals surface area contributed by atoms with Gasteiger partial charge in [0.25, 0.3) is 5.91 Å². The van der Waals surface area contributed by atoms with E-state index < -0.39 is 18.0 Å².